The van der Waals surface area contributed by atoms with Crippen LogP contribution in [0.3, 0.4) is 0 Å². The predicted molar refractivity (Wildman–Crippen MR) is 109 cm³/mol. The van der Waals surface area contributed by atoms with Gasteiger partial charge in [0.2, 0.25) is 0 Å². The smallest absolute Gasteiger partial charge is 0.253 e. The summed E-state index contributed by atoms with van der Waals surface area (Å²) >= 11 is 0. The van der Waals surface area contributed by atoms with Crippen molar-refractivity contribution < 1.29 is 17.6 Å². The number of hydrogen-bond acceptors (Lipinski definition) is 3. The molecule has 5 nitrogen and oxygen atoms in total. The molecule has 1 atom stereocenters. The van der Waals surface area contributed by atoms with E-state index in [1.54, 1.807) is 23.1 Å². The highest BCUT2D eigenvalue weighted by atomic mass is 32.2. The quantitative estimate of drug-likeness (QED) is 0.660. The van der Waals surface area contributed by atoms with Crippen LogP contribution in [0.4, 0.5) is 4.39 Å². The molecule has 0 spiro atoms. The summed E-state index contributed by atoms with van der Waals surface area (Å²) < 4.78 is 41.6. The Hall–Kier alpha value is -2.93. The minimum atomic E-state index is -3.56. The molecule has 2 aromatic carbocycles. The molecular formula is C22H21FN2O3S. The molecule has 0 radical (unpaired) electrons. The van der Waals surface area contributed by atoms with Crippen molar-refractivity contribution in [1.29, 1.82) is 0 Å². The molecule has 4 rings (SSSR count). The summed E-state index contributed by atoms with van der Waals surface area (Å²) in [5, 5.41) is -0.933. The zero-order valence-corrected chi connectivity index (χ0v) is 16.6. The third-order valence-electron chi connectivity index (χ3n) is 5.30. The van der Waals surface area contributed by atoms with Gasteiger partial charge in [0.15, 0.2) is 9.84 Å². The lowest BCUT2D eigenvalue weighted by atomic mass is 10.1. The van der Waals surface area contributed by atoms with Crippen molar-refractivity contribution in [1.82, 2.24) is 9.47 Å². The van der Waals surface area contributed by atoms with E-state index in [4.69, 9.17) is 0 Å². The average molecular weight is 412 g/mol. The normalized spacial score (nSPS) is 18.9. The molecule has 0 N–H and O–H groups in total. The van der Waals surface area contributed by atoms with E-state index in [9.17, 15) is 17.6 Å². The Morgan fingerprint density at radius 1 is 0.931 bits per heavy atom. The molecule has 1 aliphatic heterocycles. The SMILES string of the molecule is O=C(c1ccc(-n2cccc2)cc1)N1CC[C@@H](c2ccccc2F)S(=O)(=O)CC1. The summed E-state index contributed by atoms with van der Waals surface area (Å²) in [6.45, 7) is 0.363. The van der Waals surface area contributed by atoms with Crippen LogP contribution in [0.2, 0.25) is 0 Å². The number of carbonyl (C=O) groups is 1. The van der Waals surface area contributed by atoms with Crippen molar-refractivity contribution in [2.24, 2.45) is 0 Å². The monoisotopic (exact) mass is 412 g/mol. The van der Waals surface area contributed by atoms with Gasteiger partial charge in [0.05, 0.1) is 11.0 Å². The fraction of sp³-hybridized carbons (Fsp3) is 0.227. The number of benzene rings is 2. The van der Waals surface area contributed by atoms with Crippen LogP contribution in [0.1, 0.15) is 27.6 Å². The van der Waals surface area contributed by atoms with Crippen molar-refractivity contribution in [2.75, 3.05) is 18.8 Å². The van der Waals surface area contributed by atoms with Gasteiger partial charge in [0.1, 0.15) is 5.82 Å². The Kier molecular flexibility index (Phi) is 5.24. The first-order chi connectivity index (χ1) is 14.0. The maximum atomic E-state index is 14.2. The Labute approximate surface area is 169 Å². The highest BCUT2D eigenvalue weighted by Gasteiger charge is 2.34. The second-order valence-electron chi connectivity index (χ2n) is 7.10. The Balaban J connectivity index is 1.53. The Morgan fingerprint density at radius 3 is 2.31 bits per heavy atom. The van der Waals surface area contributed by atoms with E-state index in [-0.39, 0.29) is 36.7 Å². The molecule has 0 unspecified atom stereocenters. The number of sulfone groups is 1. The summed E-state index contributed by atoms with van der Waals surface area (Å²) in [5.41, 5.74) is 1.62. The number of rotatable bonds is 3. The van der Waals surface area contributed by atoms with Gasteiger partial charge < -0.3 is 9.47 Å². The van der Waals surface area contributed by atoms with Crippen LogP contribution in [0.15, 0.2) is 73.1 Å². The average Bonchev–Trinajstić information content (AvgIpc) is 3.21. The maximum Gasteiger partial charge on any atom is 0.253 e. The molecule has 2 heterocycles. The maximum absolute atomic E-state index is 14.2. The highest BCUT2D eigenvalue weighted by molar-refractivity contribution is 7.91. The Morgan fingerprint density at radius 2 is 1.62 bits per heavy atom. The van der Waals surface area contributed by atoms with Gasteiger partial charge in [-0.2, -0.15) is 0 Å². The van der Waals surface area contributed by atoms with Crippen molar-refractivity contribution in [2.45, 2.75) is 11.7 Å². The van der Waals surface area contributed by atoms with Crippen molar-refractivity contribution in [3.8, 4) is 5.69 Å². The van der Waals surface area contributed by atoms with Crippen LogP contribution in [0.5, 0.6) is 0 Å². The lowest BCUT2D eigenvalue weighted by Crippen LogP contribution is -2.33. The molecule has 0 bridgehead atoms. The molecule has 7 heteroatoms. The Bertz CT molecular complexity index is 1110. The number of nitrogens with zero attached hydrogens (tertiary/aromatic N) is 2. The van der Waals surface area contributed by atoms with Crippen molar-refractivity contribution in [3.63, 3.8) is 0 Å². The summed E-state index contributed by atoms with van der Waals surface area (Å²) in [6, 6.07) is 17.0. The highest BCUT2D eigenvalue weighted by Crippen LogP contribution is 2.31. The van der Waals surface area contributed by atoms with Crippen LogP contribution in [0, 0.1) is 5.82 Å². The summed E-state index contributed by atoms with van der Waals surface area (Å²) in [6.07, 6.45) is 4.01. The molecule has 1 aliphatic rings. The lowest BCUT2D eigenvalue weighted by Gasteiger charge is -2.20. The molecule has 3 aromatic rings. The molecule has 29 heavy (non-hydrogen) atoms. The predicted octanol–water partition coefficient (Wildman–Crippen LogP) is 3.62. The molecule has 0 aliphatic carbocycles. The second-order valence-corrected chi connectivity index (χ2v) is 9.40. The minimum absolute atomic E-state index is 0.103. The third-order valence-corrected chi connectivity index (χ3v) is 7.40. The first-order valence-corrected chi connectivity index (χ1v) is 11.2. The van der Waals surface area contributed by atoms with E-state index in [1.165, 1.54) is 18.2 Å². The zero-order chi connectivity index (χ0) is 20.4. The van der Waals surface area contributed by atoms with Gasteiger partial charge >= 0.3 is 0 Å². The van der Waals surface area contributed by atoms with Gasteiger partial charge in [-0.25, -0.2) is 12.8 Å². The fourth-order valence-electron chi connectivity index (χ4n) is 3.70. The standard InChI is InChI=1S/C22H21FN2O3S/c23-20-6-2-1-5-19(20)21-11-14-25(15-16-29(21,27)28)22(26)17-7-9-18(10-8-17)24-12-3-4-13-24/h1-10,12-13,21H,11,14-16H2/t21-/m0/s1. The first-order valence-electron chi connectivity index (χ1n) is 9.44. The first kappa shape index (κ1) is 19.4. The van der Waals surface area contributed by atoms with Gasteiger partial charge in [-0.05, 0) is 48.9 Å². The van der Waals surface area contributed by atoms with Crippen LogP contribution in [-0.2, 0) is 9.84 Å². The van der Waals surface area contributed by atoms with Crippen LogP contribution < -0.4 is 0 Å². The number of halogens is 1. The van der Waals surface area contributed by atoms with Crippen LogP contribution >= 0.6 is 0 Å². The molecule has 0 saturated carbocycles. The van der Waals surface area contributed by atoms with E-state index in [0.29, 0.717) is 5.56 Å². The van der Waals surface area contributed by atoms with Gasteiger partial charge in [-0.3, -0.25) is 4.79 Å². The topological polar surface area (TPSA) is 59.4 Å². The van der Waals surface area contributed by atoms with Gasteiger partial charge in [-0.15, -0.1) is 0 Å². The third kappa shape index (κ3) is 3.96. The summed E-state index contributed by atoms with van der Waals surface area (Å²) in [4.78, 5) is 14.5. The van der Waals surface area contributed by atoms with Crippen molar-refractivity contribution >= 4 is 15.7 Å². The fourth-order valence-corrected chi connectivity index (χ4v) is 5.50. The van der Waals surface area contributed by atoms with Crippen LogP contribution in [0.25, 0.3) is 5.69 Å². The molecule has 1 fully saturated rings. The lowest BCUT2D eigenvalue weighted by molar-refractivity contribution is 0.0766. The number of carbonyl (C=O) groups excluding carboxylic acids is 1. The van der Waals surface area contributed by atoms with E-state index in [2.05, 4.69) is 0 Å². The van der Waals surface area contributed by atoms with E-state index < -0.39 is 20.9 Å². The molecule has 150 valence electrons. The molecular weight excluding hydrogens is 391 g/mol. The van der Waals surface area contributed by atoms with Gasteiger partial charge in [-0.1, -0.05) is 18.2 Å². The molecule has 1 aromatic heterocycles. The molecule has 1 amide bonds. The van der Waals surface area contributed by atoms with E-state index >= 15 is 0 Å². The second kappa shape index (κ2) is 7.83. The summed E-state index contributed by atoms with van der Waals surface area (Å²) in [5.74, 6) is -0.922. The minimum Gasteiger partial charge on any atom is -0.338 e. The summed E-state index contributed by atoms with van der Waals surface area (Å²) in [7, 11) is -3.56. The van der Waals surface area contributed by atoms with E-state index in [1.807, 2.05) is 41.2 Å². The number of aromatic nitrogens is 1. The largest absolute Gasteiger partial charge is 0.338 e. The van der Waals surface area contributed by atoms with Crippen LogP contribution in [-0.4, -0.2) is 42.6 Å². The molecule has 1 saturated heterocycles. The zero-order valence-electron chi connectivity index (χ0n) is 15.7. The van der Waals surface area contributed by atoms with E-state index in [0.717, 1.165) is 5.69 Å². The van der Waals surface area contributed by atoms with Gasteiger partial charge in [0, 0.05) is 42.3 Å². The number of hydrogen-bond donors (Lipinski definition) is 0. The van der Waals surface area contributed by atoms with Crippen molar-refractivity contribution in [3.05, 3.63) is 90.0 Å². The van der Waals surface area contributed by atoms with Gasteiger partial charge in [0.25, 0.3) is 5.91 Å². The number of amides is 1.